The Kier molecular flexibility index (Phi) is 3.87. The Bertz CT molecular complexity index is 471. The van der Waals surface area contributed by atoms with Crippen LogP contribution in [0.1, 0.15) is 24.4 Å². The minimum absolute atomic E-state index is 0.111. The summed E-state index contributed by atoms with van der Waals surface area (Å²) in [5, 5.41) is 3.28. The van der Waals surface area contributed by atoms with Crippen molar-refractivity contribution in [3.63, 3.8) is 0 Å². The summed E-state index contributed by atoms with van der Waals surface area (Å²) in [6, 6.07) is 2.69. The molecule has 0 spiro atoms. The van der Waals surface area contributed by atoms with E-state index in [9.17, 15) is 8.78 Å². The molecule has 0 unspecified atom stereocenters. The zero-order chi connectivity index (χ0) is 13.4. The van der Waals surface area contributed by atoms with E-state index in [2.05, 4.69) is 26.1 Å². The topological polar surface area (TPSA) is 15.3 Å². The number of benzene rings is 1. The maximum absolute atomic E-state index is 14.3. The lowest BCUT2D eigenvalue weighted by molar-refractivity contribution is 0.149. The smallest absolute Gasteiger partial charge is 0.145 e. The predicted octanol–water partition coefficient (Wildman–Crippen LogP) is 3.08. The lowest BCUT2D eigenvalue weighted by Crippen LogP contribution is -2.46. The van der Waals surface area contributed by atoms with Crippen molar-refractivity contribution in [3.05, 3.63) is 33.8 Å². The molecule has 1 saturated carbocycles. The average Bonchev–Trinajstić information content (AvgIpc) is 3.24. The molecule has 2 aliphatic rings. The van der Waals surface area contributed by atoms with Crippen LogP contribution in [0.3, 0.4) is 0 Å². The molecule has 0 radical (unpaired) electrons. The molecular weight excluding hydrogens is 314 g/mol. The fourth-order valence-electron chi connectivity index (χ4n) is 2.90. The van der Waals surface area contributed by atoms with Gasteiger partial charge in [0.25, 0.3) is 0 Å². The molecule has 3 rings (SSSR count). The zero-order valence-electron chi connectivity index (χ0n) is 10.6. The van der Waals surface area contributed by atoms with Crippen molar-refractivity contribution in [2.45, 2.75) is 18.9 Å². The molecule has 1 heterocycles. The lowest BCUT2D eigenvalue weighted by atomic mass is 9.98. The molecule has 1 atom stereocenters. The molecule has 0 bridgehead atoms. The van der Waals surface area contributed by atoms with E-state index in [1.165, 1.54) is 12.1 Å². The summed E-state index contributed by atoms with van der Waals surface area (Å²) in [4.78, 5) is 2.22. The Balaban J connectivity index is 1.97. The van der Waals surface area contributed by atoms with Crippen molar-refractivity contribution in [2.24, 2.45) is 5.92 Å². The largest absolute Gasteiger partial charge is 0.314 e. The van der Waals surface area contributed by atoms with Gasteiger partial charge in [-0.2, -0.15) is 0 Å². The van der Waals surface area contributed by atoms with Crippen molar-refractivity contribution in [2.75, 3.05) is 26.2 Å². The van der Waals surface area contributed by atoms with Gasteiger partial charge in [0.2, 0.25) is 0 Å². The van der Waals surface area contributed by atoms with Gasteiger partial charge in [-0.3, -0.25) is 4.90 Å². The third-order valence-corrected chi connectivity index (χ3v) is 4.60. The molecule has 1 saturated heterocycles. The molecule has 2 fully saturated rings. The molecule has 1 aromatic rings. The van der Waals surface area contributed by atoms with Crippen molar-refractivity contribution < 1.29 is 8.78 Å². The van der Waals surface area contributed by atoms with Gasteiger partial charge in [0.15, 0.2) is 0 Å². The first-order chi connectivity index (χ1) is 9.18. The van der Waals surface area contributed by atoms with Crippen LogP contribution in [0.25, 0.3) is 0 Å². The fourth-order valence-corrected chi connectivity index (χ4v) is 3.25. The van der Waals surface area contributed by atoms with Crippen LogP contribution in [0.15, 0.2) is 16.6 Å². The van der Waals surface area contributed by atoms with E-state index in [-0.39, 0.29) is 11.6 Å². The second-order valence-corrected chi connectivity index (χ2v) is 6.18. The van der Waals surface area contributed by atoms with Gasteiger partial charge in [0.1, 0.15) is 11.6 Å². The van der Waals surface area contributed by atoms with Crippen LogP contribution in [0, 0.1) is 17.6 Å². The van der Waals surface area contributed by atoms with Gasteiger partial charge in [0.05, 0.1) is 4.47 Å². The fraction of sp³-hybridized carbons (Fsp3) is 0.571. The van der Waals surface area contributed by atoms with Crippen molar-refractivity contribution in [1.82, 2.24) is 10.2 Å². The Hall–Kier alpha value is -0.520. The van der Waals surface area contributed by atoms with Gasteiger partial charge in [0, 0.05) is 37.8 Å². The normalized spacial score (nSPS) is 22.5. The molecule has 1 N–H and O–H groups in total. The maximum Gasteiger partial charge on any atom is 0.145 e. The summed E-state index contributed by atoms with van der Waals surface area (Å²) < 4.78 is 28.8. The van der Waals surface area contributed by atoms with Crippen LogP contribution < -0.4 is 5.32 Å². The molecule has 0 amide bonds. The number of halogens is 3. The van der Waals surface area contributed by atoms with Crippen LogP contribution in [-0.4, -0.2) is 31.1 Å². The highest BCUT2D eigenvalue weighted by Gasteiger charge is 2.39. The average molecular weight is 331 g/mol. The van der Waals surface area contributed by atoms with Crippen molar-refractivity contribution in [1.29, 1.82) is 0 Å². The molecule has 104 valence electrons. The minimum Gasteiger partial charge on any atom is -0.314 e. The number of piperazine rings is 1. The Labute approximate surface area is 120 Å². The molecule has 1 aromatic carbocycles. The van der Waals surface area contributed by atoms with Crippen LogP contribution in [-0.2, 0) is 0 Å². The third kappa shape index (κ3) is 2.69. The summed E-state index contributed by atoms with van der Waals surface area (Å²) in [6.45, 7) is 3.49. The van der Waals surface area contributed by atoms with Crippen LogP contribution in [0.5, 0.6) is 0 Å². The summed E-state index contributed by atoms with van der Waals surface area (Å²) in [5.74, 6) is -0.456. The highest BCUT2D eigenvalue weighted by molar-refractivity contribution is 9.10. The number of hydrogen-bond acceptors (Lipinski definition) is 2. The highest BCUT2D eigenvalue weighted by atomic mass is 79.9. The molecule has 2 nitrogen and oxygen atoms in total. The van der Waals surface area contributed by atoms with Crippen LogP contribution >= 0.6 is 15.9 Å². The Morgan fingerprint density at radius 1 is 1.21 bits per heavy atom. The van der Waals surface area contributed by atoms with E-state index < -0.39 is 11.6 Å². The second kappa shape index (κ2) is 5.46. The van der Waals surface area contributed by atoms with Crippen molar-refractivity contribution in [3.8, 4) is 0 Å². The van der Waals surface area contributed by atoms with Gasteiger partial charge >= 0.3 is 0 Å². The number of hydrogen-bond donors (Lipinski definition) is 1. The summed E-state index contributed by atoms with van der Waals surface area (Å²) in [5.41, 5.74) is 0.249. The van der Waals surface area contributed by atoms with E-state index in [1.54, 1.807) is 0 Å². The van der Waals surface area contributed by atoms with Gasteiger partial charge in [-0.1, -0.05) is 0 Å². The first-order valence-corrected chi connectivity index (χ1v) is 7.56. The zero-order valence-corrected chi connectivity index (χ0v) is 12.2. The van der Waals surface area contributed by atoms with E-state index in [1.807, 2.05) is 0 Å². The van der Waals surface area contributed by atoms with E-state index >= 15 is 0 Å². The predicted molar refractivity (Wildman–Crippen MR) is 74.0 cm³/mol. The van der Waals surface area contributed by atoms with Crippen LogP contribution in [0.2, 0.25) is 0 Å². The van der Waals surface area contributed by atoms with E-state index in [4.69, 9.17) is 0 Å². The number of rotatable bonds is 3. The molecule has 5 heteroatoms. The maximum atomic E-state index is 14.3. The molecule has 1 aliphatic carbocycles. The lowest BCUT2D eigenvalue weighted by Gasteiger charge is -2.35. The van der Waals surface area contributed by atoms with Gasteiger partial charge in [-0.05, 0) is 46.8 Å². The third-order valence-electron chi connectivity index (χ3n) is 3.99. The van der Waals surface area contributed by atoms with E-state index in [0.717, 1.165) is 39.0 Å². The first-order valence-electron chi connectivity index (χ1n) is 6.76. The summed E-state index contributed by atoms with van der Waals surface area (Å²) >= 11 is 3.17. The molecule has 1 aliphatic heterocycles. The molecule has 19 heavy (non-hydrogen) atoms. The Morgan fingerprint density at radius 3 is 2.53 bits per heavy atom. The summed E-state index contributed by atoms with van der Waals surface area (Å²) in [7, 11) is 0. The highest BCUT2D eigenvalue weighted by Crippen LogP contribution is 2.46. The van der Waals surface area contributed by atoms with Gasteiger partial charge in [-0.25, -0.2) is 8.78 Å². The monoisotopic (exact) mass is 330 g/mol. The second-order valence-electron chi connectivity index (χ2n) is 5.33. The van der Waals surface area contributed by atoms with Crippen LogP contribution in [0.4, 0.5) is 8.78 Å². The van der Waals surface area contributed by atoms with Gasteiger partial charge in [-0.15, -0.1) is 0 Å². The van der Waals surface area contributed by atoms with Gasteiger partial charge < -0.3 is 5.32 Å². The number of nitrogens with one attached hydrogen (secondary N) is 1. The SMILES string of the molecule is Fc1ccc(Br)c(F)c1[C@@H](C1CC1)N1CCNCC1. The number of nitrogens with zero attached hydrogens (tertiary/aromatic N) is 1. The molecular formula is C14H17BrF2N2. The van der Waals surface area contributed by atoms with Crippen molar-refractivity contribution >= 4 is 15.9 Å². The summed E-state index contributed by atoms with van der Waals surface area (Å²) in [6.07, 6.45) is 2.14. The molecule has 0 aromatic heterocycles. The van der Waals surface area contributed by atoms with E-state index in [0.29, 0.717) is 10.4 Å². The minimum atomic E-state index is -0.435. The quantitative estimate of drug-likeness (QED) is 0.857. The first kappa shape index (κ1) is 13.5. The standard InChI is InChI=1S/C14H17BrF2N2/c15-10-3-4-11(16)12(13(10)17)14(9-1-2-9)19-7-5-18-6-8-19/h3-4,9,14,18H,1-2,5-8H2/t14-/m1/s1. The Morgan fingerprint density at radius 2 is 1.89 bits per heavy atom.